The SMILES string of the molecule is Fc1ccc(F)c(Sc2ncccc2Br)c1. The molecule has 0 aliphatic rings. The Kier molecular flexibility index (Phi) is 3.56. The van der Waals surface area contributed by atoms with E-state index in [1.165, 1.54) is 0 Å². The van der Waals surface area contributed by atoms with Gasteiger partial charge in [0, 0.05) is 6.20 Å². The first-order chi connectivity index (χ1) is 7.66. The highest BCUT2D eigenvalue weighted by atomic mass is 79.9. The number of hydrogen-bond donors (Lipinski definition) is 0. The molecule has 0 atom stereocenters. The number of nitrogens with zero attached hydrogens (tertiary/aromatic N) is 1. The lowest BCUT2D eigenvalue weighted by Gasteiger charge is -2.04. The molecule has 0 spiro atoms. The van der Waals surface area contributed by atoms with Gasteiger partial charge in [-0.05, 0) is 46.3 Å². The zero-order valence-corrected chi connectivity index (χ0v) is 10.4. The maximum atomic E-state index is 13.4. The van der Waals surface area contributed by atoms with Gasteiger partial charge in [0.25, 0.3) is 0 Å². The van der Waals surface area contributed by atoms with Gasteiger partial charge < -0.3 is 0 Å². The highest BCUT2D eigenvalue weighted by molar-refractivity contribution is 9.10. The number of aromatic nitrogens is 1. The van der Waals surface area contributed by atoms with Gasteiger partial charge in [0.1, 0.15) is 16.7 Å². The topological polar surface area (TPSA) is 12.9 Å². The van der Waals surface area contributed by atoms with Crippen molar-refractivity contribution in [2.75, 3.05) is 0 Å². The summed E-state index contributed by atoms with van der Waals surface area (Å²) < 4.78 is 27.0. The number of pyridine rings is 1. The molecule has 0 saturated heterocycles. The summed E-state index contributed by atoms with van der Waals surface area (Å²) in [6, 6.07) is 6.91. The first-order valence-electron chi connectivity index (χ1n) is 4.40. The fraction of sp³-hybridized carbons (Fsp3) is 0. The first-order valence-corrected chi connectivity index (χ1v) is 6.01. The highest BCUT2D eigenvalue weighted by Gasteiger charge is 2.08. The number of benzene rings is 1. The van der Waals surface area contributed by atoms with Crippen molar-refractivity contribution in [3.05, 3.63) is 52.6 Å². The van der Waals surface area contributed by atoms with E-state index in [0.29, 0.717) is 5.03 Å². The predicted octanol–water partition coefficient (Wildman–Crippen LogP) is 4.27. The van der Waals surface area contributed by atoms with Crippen LogP contribution in [0, 0.1) is 11.6 Å². The van der Waals surface area contributed by atoms with E-state index in [0.717, 1.165) is 34.4 Å². The number of halogens is 3. The third-order valence-electron chi connectivity index (χ3n) is 1.82. The monoisotopic (exact) mass is 301 g/mol. The van der Waals surface area contributed by atoms with Gasteiger partial charge >= 0.3 is 0 Å². The van der Waals surface area contributed by atoms with E-state index in [1.807, 2.05) is 0 Å². The average molecular weight is 302 g/mol. The summed E-state index contributed by atoms with van der Waals surface area (Å²) in [7, 11) is 0. The fourth-order valence-electron chi connectivity index (χ4n) is 1.11. The molecule has 0 fully saturated rings. The van der Waals surface area contributed by atoms with Gasteiger partial charge in [0.2, 0.25) is 0 Å². The van der Waals surface area contributed by atoms with E-state index in [9.17, 15) is 8.78 Å². The second-order valence-electron chi connectivity index (χ2n) is 2.97. The van der Waals surface area contributed by atoms with E-state index in [-0.39, 0.29) is 4.90 Å². The molecular weight excluding hydrogens is 296 g/mol. The van der Waals surface area contributed by atoms with Gasteiger partial charge in [-0.25, -0.2) is 13.8 Å². The van der Waals surface area contributed by atoms with Crippen molar-refractivity contribution in [2.24, 2.45) is 0 Å². The Balaban J connectivity index is 2.34. The first kappa shape index (κ1) is 11.5. The minimum atomic E-state index is -0.462. The molecule has 0 saturated carbocycles. The van der Waals surface area contributed by atoms with Crippen molar-refractivity contribution in [1.82, 2.24) is 4.98 Å². The van der Waals surface area contributed by atoms with Gasteiger partial charge in [0.05, 0.1) is 9.37 Å². The van der Waals surface area contributed by atoms with Crippen LogP contribution in [0.5, 0.6) is 0 Å². The van der Waals surface area contributed by atoms with E-state index in [1.54, 1.807) is 18.3 Å². The molecule has 1 aromatic heterocycles. The van der Waals surface area contributed by atoms with Crippen LogP contribution in [-0.4, -0.2) is 4.98 Å². The Morgan fingerprint density at radius 3 is 2.75 bits per heavy atom. The van der Waals surface area contributed by atoms with Gasteiger partial charge in [-0.15, -0.1) is 0 Å². The molecule has 2 aromatic rings. The summed E-state index contributed by atoms with van der Waals surface area (Å²) in [6.45, 7) is 0. The van der Waals surface area contributed by atoms with Crippen molar-refractivity contribution >= 4 is 27.7 Å². The van der Waals surface area contributed by atoms with E-state index in [2.05, 4.69) is 20.9 Å². The summed E-state index contributed by atoms with van der Waals surface area (Å²) in [5.41, 5.74) is 0. The summed E-state index contributed by atoms with van der Waals surface area (Å²) in [6.07, 6.45) is 1.60. The van der Waals surface area contributed by atoms with Crippen LogP contribution in [0.2, 0.25) is 0 Å². The molecule has 1 aromatic carbocycles. The minimum absolute atomic E-state index is 0.222. The molecule has 1 nitrogen and oxygen atoms in total. The fourth-order valence-corrected chi connectivity index (χ4v) is 2.43. The van der Waals surface area contributed by atoms with Crippen LogP contribution >= 0.6 is 27.7 Å². The van der Waals surface area contributed by atoms with Crippen molar-refractivity contribution in [1.29, 1.82) is 0 Å². The zero-order valence-electron chi connectivity index (χ0n) is 7.95. The Morgan fingerprint density at radius 2 is 2.00 bits per heavy atom. The molecule has 82 valence electrons. The molecule has 1 heterocycles. The lowest BCUT2D eigenvalue weighted by Crippen LogP contribution is -1.86. The van der Waals surface area contributed by atoms with Crippen molar-refractivity contribution in [2.45, 2.75) is 9.92 Å². The van der Waals surface area contributed by atoms with Gasteiger partial charge in [0.15, 0.2) is 0 Å². The molecule has 0 amide bonds. The third kappa shape index (κ3) is 2.59. The largest absolute Gasteiger partial charge is 0.248 e. The normalized spacial score (nSPS) is 10.4. The van der Waals surface area contributed by atoms with E-state index in [4.69, 9.17) is 0 Å². The van der Waals surface area contributed by atoms with Gasteiger partial charge in [-0.1, -0.05) is 11.8 Å². The van der Waals surface area contributed by atoms with Crippen LogP contribution in [0.4, 0.5) is 8.78 Å². The minimum Gasteiger partial charge on any atom is -0.248 e. The molecule has 0 unspecified atom stereocenters. The van der Waals surface area contributed by atoms with Crippen molar-refractivity contribution in [3.8, 4) is 0 Å². The second kappa shape index (κ2) is 4.93. The number of rotatable bonds is 2. The number of hydrogen-bond acceptors (Lipinski definition) is 2. The third-order valence-corrected chi connectivity index (χ3v) is 3.78. The van der Waals surface area contributed by atoms with Crippen LogP contribution in [0.25, 0.3) is 0 Å². The smallest absolute Gasteiger partial charge is 0.137 e. The average Bonchev–Trinajstić information content (AvgIpc) is 2.27. The van der Waals surface area contributed by atoms with E-state index < -0.39 is 11.6 Å². The van der Waals surface area contributed by atoms with Crippen LogP contribution in [0.3, 0.4) is 0 Å². The molecule has 16 heavy (non-hydrogen) atoms. The molecular formula is C11H6BrF2NS. The standard InChI is InChI=1S/C11H6BrF2NS/c12-8-2-1-5-15-11(8)16-10-6-7(13)3-4-9(10)14/h1-6H. The van der Waals surface area contributed by atoms with Gasteiger partial charge in [-0.3, -0.25) is 0 Å². The zero-order chi connectivity index (χ0) is 11.5. The predicted molar refractivity (Wildman–Crippen MR) is 62.4 cm³/mol. The van der Waals surface area contributed by atoms with Crippen molar-refractivity contribution < 1.29 is 8.78 Å². The molecule has 5 heteroatoms. The van der Waals surface area contributed by atoms with Crippen LogP contribution in [-0.2, 0) is 0 Å². The molecule has 0 N–H and O–H groups in total. The maximum Gasteiger partial charge on any atom is 0.137 e. The lowest BCUT2D eigenvalue weighted by molar-refractivity contribution is 0.577. The highest BCUT2D eigenvalue weighted by Crippen LogP contribution is 2.33. The second-order valence-corrected chi connectivity index (χ2v) is 4.85. The summed E-state index contributed by atoms with van der Waals surface area (Å²) in [5.74, 6) is -0.917. The maximum absolute atomic E-state index is 13.4. The Labute approximate surface area is 104 Å². The lowest BCUT2D eigenvalue weighted by atomic mass is 10.3. The summed E-state index contributed by atoms with van der Waals surface area (Å²) in [4.78, 5) is 4.29. The van der Waals surface area contributed by atoms with Crippen molar-refractivity contribution in [3.63, 3.8) is 0 Å². The summed E-state index contributed by atoms with van der Waals surface area (Å²) in [5, 5.41) is 0.604. The van der Waals surface area contributed by atoms with E-state index >= 15 is 0 Å². The Morgan fingerprint density at radius 1 is 1.19 bits per heavy atom. The summed E-state index contributed by atoms with van der Waals surface area (Å²) >= 11 is 4.38. The Bertz CT molecular complexity index is 519. The molecule has 0 aliphatic carbocycles. The quantitative estimate of drug-likeness (QED) is 0.821. The van der Waals surface area contributed by atoms with Gasteiger partial charge in [-0.2, -0.15) is 0 Å². The molecule has 0 radical (unpaired) electrons. The molecule has 0 aliphatic heterocycles. The molecule has 0 bridgehead atoms. The Hall–Kier alpha value is -0.940. The van der Waals surface area contributed by atoms with Crippen LogP contribution < -0.4 is 0 Å². The molecule has 2 rings (SSSR count). The van der Waals surface area contributed by atoms with Crippen LogP contribution in [0.15, 0.2) is 50.9 Å². The van der Waals surface area contributed by atoms with Crippen LogP contribution in [0.1, 0.15) is 0 Å².